The molecule has 7 heteroatoms. The van der Waals surface area contributed by atoms with Crippen LogP contribution in [0.2, 0.25) is 0 Å². The summed E-state index contributed by atoms with van der Waals surface area (Å²) in [6.45, 7) is 0.406. The first-order valence-corrected chi connectivity index (χ1v) is 12.1. The molecular weight excluding hydrogens is 496 g/mol. The number of hydrogen-bond acceptors (Lipinski definition) is 4. The molecule has 0 spiro atoms. The molecule has 2 fully saturated rings. The number of fused-ring (bicyclic) bond motifs is 1. The van der Waals surface area contributed by atoms with E-state index in [4.69, 9.17) is 4.74 Å². The highest BCUT2D eigenvalue weighted by molar-refractivity contribution is 9.10. The minimum absolute atomic E-state index is 0.0387. The Labute approximate surface area is 205 Å². The fourth-order valence-corrected chi connectivity index (χ4v) is 5.06. The number of benzene rings is 3. The lowest BCUT2D eigenvalue weighted by molar-refractivity contribution is -0.131. The van der Waals surface area contributed by atoms with E-state index in [-0.39, 0.29) is 11.6 Å². The van der Waals surface area contributed by atoms with E-state index in [1.807, 2.05) is 18.2 Å². The Bertz CT molecular complexity index is 1330. The van der Waals surface area contributed by atoms with Crippen molar-refractivity contribution in [2.24, 2.45) is 0 Å². The van der Waals surface area contributed by atoms with E-state index < -0.39 is 17.8 Å². The van der Waals surface area contributed by atoms with Gasteiger partial charge in [0.2, 0.25) is 0 Å². The Hall–Kier alpha value is -3.45. The second kappa shape index (κ2) is 9.43. The first kappa shape index (κ1) is 22.3. The van der Waals surface area contributed by atoms with Gasteiger partial charge in [-0.2, -0.15) is 0 Å². The Balaban J connectivity index is 1.32. The zero-order chi connectivity index (χ0) is 23.7. The first-order valence-electron chi connectivity index (χ1n) is 11.3. The average molecular weight is 519 g/mol. The monoisotopic (exact) mass is 518 g/mol. The molecule has 6 nitrogen and oxygen atoms in total. The van der Waals surface area contributed by atoms with Crippen molar-refractivity contribution in [1.29, 1.82) is 0 Å². The van der Waals surface area contributed by atoms with Gasteiger partial charge in [-0.3, -0.25) is 19.8 Å². The molecule has 5 rings (SSSR count). The number of halogens is 1. The molecule has 3 aromatic rings. The highest BCUT2D eigenvalue weighted by Crippen LogP contribution is 2.30. The molecule has 1 saturated heterocycles. The van der Waals surface area contributed by atoms with Gasteiger partial charge in [0, 0.05) is 6.04 Å². The summed E-state index contributed by atoms with van der Waals surface area (Å²) in [4.78, 5) is 38.9. The summed E-state index contributed by atoms with van der Waals surface area (Å²) in [5.41, 5.74) is 1.67. The van der Waals surface area contributed by atoms with Crippen molar-refractivity contribution in [1.82, 2.24) is 10.2 Å². The minimum atomic E-state index is -0.669. The molecule has 0 bridgehead atoms. The fourth-order valence-electron chi connectivity index (χ4n) is 4.55. The van der Waals surface area contributed by atoms with Gasteiger partial charge in [-0.05, 0) is 74.9 Å². The average Bonchev–Trinajstić information content (AvgIpc) is 3.35. The largest absolute Gasteiger partial charge is 0.488 e. The van der Waals surface area contributed by atoms with Gasteiger partial charge in [-0.1, -0.05) is 55.3 Å². The third-order valence-corrected chi connectivity index (χ3v) is 6.92. The molecule has 1 heterocycles. The number of carbonyl (C=O) groups is 3. The number of ether oxygens (including phenoxy) is 1. The molecule has 4 amide bonds. The van der Waals surface area contributed by atoms with Crippen LogP contribution in [0.3, 0.4) is 0 Å². The van der Waals surface area contributed by atoms with Crippen LogP contribution in [0.5, 0.6) is 5.75 Å². The normalized spacial score (nSPS) is 18.1. The Kier molecular flexibility index (Phi) is 6.20. The molecule has 1 saturated carbocycles. The van der Waals surface area contributed by atoms with Crippen LogP contribution in [-0.2, 0) is 16.2 Å². The first-order chi connectivity index (χ1) is 16.5. The summed E-state index contributed by atoms with van der Waals surface area (Å²) >= 11 is 3.53. The summed E-state index contributed by atoms with van der Waals surface area (Å²) in [5, 5.41) is 4.64. The molecule has 0 atom stereocenters. The van der Waals surface area contributed by atoms with Gasteiger partial charge in [0.25, 0.3) is 11.8 Å². The van der Waals surface area contributed by atoms with Crippen LogP contribution in [0, 0.1) is 0 Å². The van der Waals surface area contributed by atoms with Crippen molar-refractivity contribution >= 4 is 50.6 Å². The van der Waals surface area contributed by atoms with Crippen LogP contribution in [-0.4, -0.2) is 28.8 Å². The maximum Gasteiger partial charge on any atom is 0.331 e. The summed E-state index contributed by atoms with van der Waals surface area (Å²) < 4.78 is 6.69. The van der Waals surface area contributed by atoms with Gasteiger partial charge < -0.3 is 4.74 Å². The Morgan fingerprint density at radius 2 is 1.74 bits per heavy atom. The second-order valence-corrected chi connectivity index (χ2v) is 9.45. The van der Waals surface area contributed by atoms with Gasteiger partial charge in [0.15, 0.2) is 0 Å². The van der Waals surface area contributed by atoms with Gasteiger partial charge >= 0.3 is 6.03 Å². The lowest BCUT2D eigenvalue weighted by Crippen LogP contribution is -2.57. The standard InChI is InChI=1S/C27H23BrN2O4/c28-23-15-17(14-22-25(31)29-27(33)30(26(22)32)21-7-3-4-8-21)10-12-24(23)34-16-18-9-11-19-5-1-2-6-20(19)13-18/h1-2,5-6,9-15,21H,3-4,7-8,16H2,(H,29,31,33)/b22-14+. The second-order valence-electron chi connectivity index (χ2n) is 8.59. The molecule has 1 N–H and O–H groups in total. The van der Waals surface area contributed by atoms with Crippen molar-refractivity contribution < 1.29 is 19.1 Å². The van der Waals surface area contributed by atoms with Crippen LogP contribution >= 0.6 is 15.9 Å². The quantitative estimate of drug-likeness (QED) is 0.353. The predicted octanol–water partition coefficient (Wildman–Crippen LogP) is 5.59. The van der Waals surface area contributed by atoms with E-state index in [9.17, 15) is 14.4 Å². The number of barbiturate groups is 1. The molecule has 172 valence electrons. The van der Waals surface area contributed by atoms with Crippen LogP contribution in [0.25, 0.3) is 16.8 Å². The van der Waals surface area contributed by atoms with E-state index >= 15 is 0 Å². The summed E-state index contributed by atoms with van der Waals surface area (Å²) in [7, 11) is 0. The van der Waals surface area contributed by atoms with Gasteiger partial charge in [-0.15, -0.1) is 0 Å². The number of imide groups is 2. The highest BCUT2D eigenvalue weighted by atomic mass is 79.9. The van der Waals surface area contributed by atoms with Crippen molar-refractivity contribution in [2.45, 2.75) is 38.3 Å². The number of nitrogens with one attached hydrogen (secondary N) is 1. The zero-order valence-electron chi connectivity index (χ0n) is 18.4. The molecule has 0 unspecified atom stereocenters. The van der Waals surface area contributed by atoms with Crippen LogP contribution < -0.4 is 10.1 Å². The van der Waals surface area contributed by atoms with E-state index in [2.05, 4.69) is 45.5 Å². The van der Waals surface area contributed by atoms with Crippen LogP contribution in [0.15, 0.2) is 70.7 Å². The van der Waals surface area contributed by atoms with Crippen molar-refractivity contribution in [3.63, 3.8) is 0 Å². The van der Waals surface area contributed by atoms with Crippen molar-refractivity contribution in [2.75, 3.05) is 0 Å². The van der Waals surface area contributed by atoms with E-state index in [1.54, 1.807) is 18.2 Å². The van der Waals surface area contributed by atoms with Gasteiger partial charge in [0.1, 0.15) is 17.9 Å². The number of carbonyl (C=O) groups excluding carboxylic acids is 3. The topological polar surface area (TPSA) is 75.7 Å². The lowest BCUT2D eigenvalue weighted by atomic mass is 10.1. The minimum Gasteiger partial charge on any atom is -0.488 e. The van der Waals surface area contributed by atoms with E-state index in [0.29, 0.717) is 22.4 Å². The SMILES string of the molecule is O=C1NC(=O)N(C2CCCC2)C(=O)/C1=C/c1ccc(OCc2ccc3ccccc3c2)c(Br)c1. The highest BCUT2D eigenvalue weighted by Gasteiger charge is 2.40. The number of hydrogen-bond donors (Lipinski definition) is 1. The summed E-state index contributed by atoms with van der Waals surface area (Å²) in [6.07, 6.45) is 5.01. The molecule has 1 aliphatic carbocycles. The molecule has 3 aromatic carbocycles. The zero-order valence-corrected chi connectivity index (χ0v) is 20.0. The predicted molar refractivity (Wildman–Crippen MR) is 133 cm³/mol. The summed E-state index contributed by atoms with van der Waals surface area (Å²) in [6, 6.07) is 19.0. The molecule has 2 aliphatic rings. The number of urea groups is 1. The third-order valence-electron chi connectivity index (χ3n) is 6.30. The van der Waals surface area contributed by atoms with E-state index in [0.717, 1.165) is 36.6 Å². The number of amides is 4. The van der Waals surface area contributed by atoms with E-state index in [1.165, 1.54) is 16.4 Å². The Morgan fingerprint density at radius 1 is 0.971 bits per heavy atom. The maximum absolute atomic E-state index is 13.0. The van der Waals surface area contributed by atoms with Crippen LogP contribution in [0.4, 0.5) is 4.79 Å². The van der Waals surface area contributed by atoms with Crippen LogP contribution in [0.1, 0.15) is 36.8 Å². The van der Waals surface area contributed by atoms with Crippen molar-refractivity contribution in [3.8, 4) is 5.75 Å². The van der Waals surface area contributed by atoms with Gasteiger partial charge in [0.05, 0.1) is 4.47 Å². The molecule has 0 aromatic heterocycles. The fraction of sp³-hybridized carbons (Fsp3) is 0.222. The number of rotatable bonds is 5. The van der Waals surface area contributed by atoms with Gasteiger partial charge in [-0.25, -0.2) is 4.79 Å². The van der Waals surface area contributed by atoms with Crippen molar-refractivity contribution in [3.05, 3.63) is 81.8 Å². The molecule has 34 heavy (non-hydrogen) atoms. The molecular formula is C27H23BrN2O4. The molecule has 1 aliphatic heterocycles. The lowest BCUT2D eigenvalue weighted by Gasteiger charge is -2.31. The third kappa shape index (κ3) is 4.48. The summed E-state index contributed by atoms with van der Waals surface area (Å²) in [5.74, 6) is -0.553. The maximum atomic E-state index is 13.0. The molecule has 0 radical (unpaired) electrons. The smallest absolute Gasteiger partial charge is 0.331 e. The number of nitrogens with zero attached hydrogens (tertiary/aromatic N) is 1. The Morgan fingerprint density at radius 3 is 2.50 bits per heavy atom.